The minimum absolute atomic E-state index is 0.282. The highest BCUT2D eigenvalue weighted by molar-refractivity contribution is 5.59. The van der Waals surface area contributed by atoms with Crippen molar-refractivity contribution >= 4 is 5.82 Å². The van der Waals surface area contributed by atoms with Crippen LogP contribution in [0.1, 0.15) is 52.3 Å². The van der Waals surface area contributed by atoms with Crippen molar-refractivity contribution in [1.29, 1.82) is 0 Å². The fraction of sp³-hybridized carbons (Fsp3) is 0.500. The van der Waals surface area contributed by atoms with Crippen LogP contribution in [-0.4, -0.2) is 16.6 Å². The Morgan fingerprint density at radius 1 is 1.00 bits per heavy atom. The highest BCUT2D eigenvalue weighted by Gasteiger charge is 2.10. The van der Waals surface area contributed by atoms with Crippen LogP contribution in [0.15, 0.2) is 24.3 Å². The average molecular weight is 329 g/mol. The lowest BCUT2D eigenvalue weighted by atomic mass is 9.93. The zero-order chi connectivity index (χ0) is 18.3. The summed E-state index contributed by atoms with van der Waals surface area (Å²) in [6.45, 7) is 15.2. The molecule has 132 valence electrons. The number of anilines is 1. The summed E-state index contributed by atoms with van der Waals surface area (Å²) in [5.41, 5.74) is 8.99. The van der Waals surface area contributed by atoms with Gasteiger partial charge in [-0.05, 0) is 49.9 Å². The van der Waals surface area contributed by atoms with Gasteiger partial charge in [-0.25, -0.2) is 9.97 Å². The smallest absolute Gasteiger partial charge is 0.161 e. The molecule has 1 heterocycles. The molecule has 2 aromatic rings. The quantitative estimate of drug-likeness (QED) is 0.839. The Labute approximate surface area is 146 Å². The van der Waals surface area contributed by atoms with E-state index in [1.54, 1.807) is 0 Å². The molecule has 0 saturated heterocycles. The molecule has 24 heavy (non-hydrogen) atoms. The van der Waals surface area contributed by atoms with Gasteiger partial charge in [0.15, 0.2) is 5.82 Å². The number of rotatable bonds is 4. The average Bonchev–Trinajstić information content (AvgIpc) is 2.53. The van der Waals surface area contributed by atoms with Crippen LogP contribution in [0.3, 0.4) is 0 Å². The molecule has 0 aliphatic carbocycles. The maximum Gasteiger partial charge on any atom is 0.161 e. The number of nitrogens with two attached hydrogens (primary N) is 1. The normalized spacial score (nSPS) is 10.8. The van der Waals surface area contributed by atoms with E-state index in [0.717, 1.165) is 35.6 Å². The minimum atomic E-state index is 0.282. The summed E-state index contributed by atoms with van der Waals surface area (Å²) in [6.07, 6.45) is 1.02. The number of nitrogens with zero attached hydrogens (tertiary/aromatic N) is 2. The zero-order valence-corrected chi connectivity index (χ0v) is 16.1. The second-order valence-electron chi connectivity index (χ2n) is 6.83. The van der Waals surface area contributed by atoms with Gasteiger partial charge in [0.2, 0.25) is 0 Å². The van der Waals surface area contributed by atoms with Gasteiger partial charge in [-0.1, -0.05) is 34.6 Å². The molecule has 0 aliphatic heterocycles. The molecule has 0 radical (unpaired) electrons. The van der Waals surface area contributed by atoms with Crippen molar-refractivity contribution in [2.24, 2.45) is 5.41 Å². The van der Waals surface area contributed by atoms with Crippen molar-refractivity contribution in [2.45, 2.75) is 54.9 Å². The molecule has 0 bridgehead atoms. The second kappa shape index (κ2) is 8.67. The number of hydrogen-bond donors (Lipinski definition) is 1. The first-order chi connectivity index (χ1) is 11.3. The monoisotopic (exact) mass is 329 g/mol. The lowest BCUT2D eigenvalue weighted by molar-refractivity contribution is 0.243. The molecule has 0 saturated carbocycles. The van der Waals surface area contributed by atoms with E-state index in [1.807, 2.05) is 52.0 Å². The first kappa shape index (κ1) is 19.9. The van der Waals surface area contributed by atoms with Gasteiger partial charge in [-0.3, -0.25) is 0 Å². The third kappa shape index (κ3) is 5.84. The predicted octanol–water partition coefficient (Wildman–Crippen LogP) is 5.18. The van der Waals surface area contributed by atoms with Gasteiger partial charge in [-0.15, -0.1) is 0 Å². The molecular formula is C20H31N3O. The third-order valence-corrected chi connectivity index (χ3v) is 3.66. The second-order valence-corrected chi connectivity index (χ2v) is 6.83. The number of nitrogen functional groups attached to an aromatic ring is 1. The maximum absolute atomic E-state index is 5.92. The molecule has 4 heteroatoms. The number of ether oxygens (including phenoxy) is 1. The number of aryl methyl sites for hydroxylation is 1. The molecule has 0 spiro atoms. The third-order valence-electron chi connectivity index (χ3n) is 3.66. The molecule has 0 atom stereocenters. The van der Waals surface area contributed by atoms with Gasteiger partial charge in [0.25, 0.3) is 0 Å². The first-order valence-corrected chi connectivity index (χ1v) is 8.60. The Morgan fingerprint density at radius 2 is 1.58 bits per heavy atom. The molecule has 0 unspecified atom stereocenters. The Balaban J connectivity index is 0.00000139. The largest absolute Gasteiger partial charge is 0.494 e. The fourth-order valence-corrected chi connectivity index (χ4v) is 1.96. The molecule has 0 aliphatic rings. The first-order valence-electron chi connectivity index (χ1n) is 8.60. The summed E-state index contributed by atoms with van der Waals surface area (Å²) < 4.78 is 5.77. The van der Waals surface area contributed by atoms with Crippen molar-refractivity contribution in [3.8, 4) is 17.1 Å². The summed E-state index contributed by atoms with van der Waals surface area (Å²) in [7, 11) is 0. The van der Waals surface area contributed by atoms with Crippen molar-refractivity contribution < 1.29 is 4.74 Å². The topological polar surface area (TPSA) is 61.0 Å². The van der Waals surface area contributed by atoms with E-state index in [1.165, 1.54) is 0 Å². The summed E-state index contributed by atoms with van der Waals surface area (Å²) in [4.78, 5) is 8.85. The summed E-state index contributed by atoms with van der Waals surface area (Å²) in [5, 5.41) is 0. The van der Waals surface area contributed by atoms with E-state index in [0.29, 0.717) is 11.6 Å². The lowest BCUT2D eigenvalue weighted by Gasteiger charge is -2.18. The molecule has 2 N–H and O–H groups in total. The standard InChI is InChI=1S/C18H25N3O.C2H6/c1-12-13(2)20-17(21-16(12)19)14-6-8-15(9-7-14)22-11-10-18(3,4)5;1-2/h6-9H,10-11H2,1-5H3,(H2,19,20,21);1-2H3. The van der Waals surface area contributed by atoms with Crippen molar-refractivity contribution in [2.75, 3.05) is 12.3 Å². The summed E-state index contributed by atoms with van der Waals surface area (Å²) in [5.74, 6) is 2.06. The van der Waals surface area contributed by atoms with E-state index in [4.69, 9.17) is 10.5 Å². The molecule has 1 aromatic heterocycles. The molecular weight excluding hydrogens is 298 g/mol. The van der Waals surface area contributed by atoms with Crippen molar-refractivity contribution in [3.05, 3.63) is 35.5 Å². The van der Waals surface area contributed by atoms with Crippen LogP contribution in [-0.2, 0) is 0 Å². The highest BCUT2D eigenvalue weighted by Crippen LogP contribution is 2.23. The Hall–Kier alpha value is -2.10. The van der Waals surface area contributed by atoms with Crippen molar-refractivity contribution in [1.82, 2.24) is 9.97 Å². The summed E-state index contributed by atoms with van der Waals surface area (Å²) >= 11 is 0. The molecule has 2 rings (SSSR count). The number of hydrogen-bond acceptors (Lipinski definition) is 4. The van der Waals surface area contributed by atoms with E-state index < -0.39 is 0 Å². The molecule has 4 nitrogen and oxygen atoms in total. The van der Waals surface area contributed by atoms with E-state index >= 15 is 0 Å². The van der Waals surface area contributed by atoms with Crippen LogP contribution >= 0.6 is 0 Å². The molecule has 0 fully saturated rings. The van der Waals surface area contributed by atoms with Crippen LogP contribution in [0.2, 0.25) is 0 Å². The van der Waals surface area contributed by atoms with E-state index in [-0.39, 0.29) is 5.41 Å². The van der Waals surface area contributed by atoms with Crippen LogP contribution in [0, 0.1) is 19.3 Å². The van der Waals surface area contributed by atoms with Gasteiger partial charge < -0.3 is 10.5 Å². The Kier molecular flexibility index (Phi) is 7.20. The highest BCUT2D eigenvalue weighted by atomic mass is 16.5. The van der Waals surface area contributed by atoms with Crippen LogP contribution in [0.5, 0.6) is 5.75 Å². The van der Waals surface area contributed by atoms with E-state index in [2.05, 4.69) is 30.7 Å². The van der Waals surface area contributed by atoms with Gasteiger partial charge >= 0.3 is 0 Å². The number of benzene rings is 1. The van der Waals surface area contributed by atoms with Gasteiger partial charge in [0.1, 0.15) is 11.6 Å². The summed E-state index contributed by atoms with van der Waals surface area (Å²) in [6, 6.07) is 7.84. The van der Waals surface area contributed by atoms with Gasteiger partial charge in [0.05, 0.1) is 6.61 Å². The van der Waals surface area contributed by atoms with Gasteiger partial charge in [0, 0.05) is 16.8 Å². The predicted molar refractivity (Wildman–Crippen MR) is 102 cm³/mol. The fourth-order valence-electron chi connectivity index (χ4n) is 1.96. The van der Waals surface area contributed by atoms with Crippen LogP contribution < -0.4 is 10.5 Å². The Bertz CT molecular complexity index is 620. The molecule has 0 amide bonds. The van der Waals surface area contributed by atoms with Crippen molar-refractivity contribution in [3.63, 3.8) is 0 Å². The maximum atomic E-state index is 5.92. The zero-order valence-electron chi connectivity index (χ0n) is 16.1. The Morgan fingerprint density at radius 3 is 2.08 bits per heavy atom. The van der Waals surface area contributed by atoms with Crippen LogP contribution in [0.25, 0.3) is 11.4 Å². The van der Waals surface area contributed by atoms with Crippen LogP contribution in [0.4, 0.5) is 5.82 Å². The van der Waals surface area contributed by atoms with E-state index in [9.17, 15) is 0 Å². The van der Waals surface area contributed by atoms with Gasteiger partial charge in [-0.2, -0.15) is 0 Å². The molecule has 1 aromatic carbocycles. The number of aromatic nitrogens is 2. The SMILES string of the molecule is CC.Cc1nc(-c2ccc(OCCC(C)(C)C)cc2)nc(N)c1C. The lowest BCUT2D eigenvalue weighted by Crippen LogP contribution is -2.11. The minimum Gasteiger partial charge on any atom is -0.494 e.